The summed E-state index contributed by atoms with van der Waals surface area (Å²) in [5.41, 5.74) is 17.8. The van der Waals surface area contributed by atoms with E-state index in [0.717, 1.165) is 72.4 Å². The first-order chi connectivity index (χ1) is 31.3. The number of fused-ring (bicyclic) bond motifs is 6. The van der Waals surface area contributed by atoms with Crippen molar-refractivity contribution in [3.63, 3.8) is 0 Å². The summed E-state index contributed by atoms with van der Waals surface area (Å²) >= 11 is 0. The molecule has 0 saturated heterocycles. The largest absolute Gasteiger partial charge is 0.455 e. The average Bonchev–Trinajstić information content (AvgIpc) is 3.91. The molecule has 0 radical (unpaired) electrons. The molecular formula is C60H40N2O. The molecule has 0 aliphatic heterocycles. The van der Waals surface area contributed by atoms with Crippen LogP contribution in [0.25, 0.3) is 93.9 Å². The van der Waals surface area contributed by atoms with Gasteiger partial charge in [-0.15, -0.1) is 0 Å². The SMILES string of the molecule is c1ccc(-c2ccccc2N(c2ccc(-c3ccc(-c4ccccc4-n4c5ccccc5c5ccccc54)cc3)cc2)c2cccc(-c3cccc4c3oc3ccccc34)c2)cc1. The molecule has 296 valence electrons. The Morgan fingerprint density at radius 3 is 1.60 bits per heavy atom. The third-order valence-electron chi connectivity index (χ3n) is 12.4. The smallest absolute Gasteiger partial charge is 0.143 e. The number of aromatic nitrogens is 1. The van der Waals surface area contributed by atoms with Gasteiger partial charge in [0.2, 0.25) is 0 Å². The van der Waals surface area contributed by atoms with Gasteiger partial charge >= 0.3 is 0 Å². The highest BCUT2D eigenvalue weighted by Gasteiger charge is 2.20. The van der Waals surface area contributed by atoms with Crippen molar-refractivity contribution in [2.45, 2.75) is 0 Å². The van der Waals surface area contributed by atoms with Gasteiger partial charge in [0.1, 0.15) is 11.2 Å². The summed E-state index contributed by atoms with van der Waals surface area (Å²) in [4.78, 5) is 2.38. The predicted molar refractivity (Wildman–Crippen MR) is 264 cm³/mol. The van der Waals surface area contributed by atoms with Crippen LogP contribution in [0.2, 0.25) is 0 Å². The van der Waals surface area contributed by atoms with Crippen molar-refractivity contribution in [2.24, 2.45) is 0 Å². The topological polar surface area (TPSA) is 21.3 Å². The summed E-state index contributed by atoms with van der Waals surface area (Å²) in [5, 5.41) is 4.77. The summed E-state index contributed by atoms with van der Waals surface area (Å²) < 4.78 is 8.92. The van der Waals surface area contributed by atoms with Crippen molar-refractivity contribution in [3.05, 3.63) is 243 Å². The minimum Gasteiger partial charge on any atom is -0.455 e. The minimum atomic E-state index is 0.897. The molecule has 0 atom stereocenters. The Bertz CT molecular complexity index is 3560. The van der Waals surface area contributed by atoms with Crippen LogP contribution in [-0.4, -0.2) is 4.57 Å². The van der Waals surface area contributed by atoms with Gasteiger partial charge in [-0.1, -0.05) is 188 Å². The predicted octanol–water partition coefficient (Wildman–Crippen LogP) is 16.8. The Morgan fingerprint density at radius 2 is 0.841 bits per heavy atom. The third-order valence-corrected chi connectivity index (χ3v) is 12.4. The Kier molecular flexibility index (Phi) is 8.83. The van der Waals surface area contributed by atoms with E-state index in [2.05, 4.69) is 240 Å². The van der Waals surface area contributed by atoms with Crippen LogP contribution < -0.4 is 4.90 Å². The number of para-hydroxylation sites is 6. The molecule has 0 aliphatic carbocycles. The van der Waals surface area contributed by atoms with Crippen molar-refractivity contribution in [1.29, 1.82) is 0 Å². The molecule has 0 spiro atoms. The monoisotopic (exact) mass is 804 g/mol. The van der Waals surface area contributed by atoms with Gasteiger partial charge in [0.25, 0.3) is 0 Å². The zero-order valence-corrected chi connectivity index (χ0v) is 34.4. The van der Waals surface area contributed by atoms with Crippen LogP contribution in [0.3, 0.4) is 0 Å². The Labute approximate surface area is 366 Å². The standard InChI is InChI=1S/C60H40N2O/c1-2-16-43(17-3-1)48-20-4-9-27-55(48)61(47-19-14-18-45(40-47)50-25-15-26-54-53-24-8-13-31-59(53)63-60(50)54)46-38-36-42(37-39-46)41-32-34-44(35-33-41)49-21-5-10-28-56(49)62-57-29-11-6-22-51(57)52-23-7-12-30-58(52)62/h1-40H. The molecule has 12 aromatic rings. The van der Waals surface area contributed by atoms with E-state index in [9.17, 15) is 0 Å². The van der Waals surface area contributed by atoms with E-state index in [1.165, 1.54) is 38.6 Å². The molecule has 63 heavy (non-hydrogen) atoms. The lowest BCUT2D eigenvalue weighted by atomic mass is 9.98. The molecule has 0 aliphatic rings. The molecular weight excluding hydrogens is 765 g/mol. The third kappa shape index (κ3) is 6.29. The molecule has 0 saturated carbocycles. The van der Waals surface area contributed by atoms with Gasteiger partial charge in [0.15, 0.2) is 0 Å². The fourth-order valence-electron chi connectivity index (χ4n) is 9.48. The number of anilines is 3. The van der Waals surface area contributed by atoms with E-state index >= 15 is 0 Å². The fourth-order valence-corrected chi connectivity index (χ4v) is 9.48. The highest BCUT2D eigenvalue weighted by molar-refractivity contribution is 6.11. The summed E-state index contributed by atoms with van der Waals surface area (Å²) in [7, 11) is 0. The van der Waals surface area contributed by atoms with Crippen LogP contribution in [0.4, 0.5) is 17.1 Å². The molecule has 3 nitrogen and oxygen atoms in total. The number of nitrogens with zero attached hydrogens (tertiary/aromatic N) is 2. The highest BCUT2D eigenvalue weighted by atomic mass is 16.3. The van der Waals surface area contributed by atoms with Crippen LogP contribution >= 0.6 is 0 Å². The van der Waals surface area contributed by atoms with E-state index in [1.807, 2.05) is 12.1 Å². The lowest BCUT2D eigenvalue weighted by molar-refractivity contribution is 0.670. The maximum absolute atomic E-state index is 6.51. The summed E-state index contributed by atoms with van der Waals surface area (Å²) in [6, 6.07) is 87.0. The number of hydrogen-bond acceptors (Lipinski definition) is 2. The molecule has 0 amide bonds. The molecule has 10 aromatic carbocycles. The molecule has 2 aromatic heterocycles. The van der Waals surface area contributed by atoms with E-state index in [4.69, 9.17) is 4.42 Å². The first kappa shape index (κ1) is 36.5. The van der Waals surface area contributed by atoms with E-state index in [-0.39, 0.29) is 0 Å². The zero-order valence-electron chi connectivity index (χ0n) is 34.4. The lowest BCUT2D eigenvalue weighted by Crippen LogP contribution is -2.11. The van der Waals surface area contributed by atoms with Crippen molar-refractivity contribution >= 4 is 60.8 Å². The number of furan rings is 1. The number of rotatable bonds is 8. The second kappa shape index (κ2) is 15.3. The molecule has 0 N–H and O–H groups in total. The maximum Gasteiger partial charge on any atom is 0.143 e. The highest BCUT2D eigenvalue weighted by Crippen LogP contribution is 2.44. The van der Waals surface area contributed by atoms with Crippen LogP contribution in [0, 0.1) is 0 Å². The van der Waals surface area contributed by atoms with Crippen molar-refractivity contribution in [1.82, 2.24) is 4.57 Å². The van der Waals surface area contributed by atoms with Crippen LogP contribution in [0.5, 0.6) is 0 Å². The number of hydrogen-bond donors (Lipinski definition) is 0. The van der Waals surface area contributed by atoms with Crippen molar-refractivity contribution in [2.75, 3.05) is 4.90 Å². The van der Waals surface area contributed by atoms with E-state index in [1.54, 1.807) is 0 Å². The summed E-state index contributed by atoms with van der Waals surface area (Å²) in [5.74, 6) is 0. The molecule has 12 rings (SSSR count). The first-order valence-electron chi connectivity index (χ1n) is 21.5. The van der Waals surface area contributed by atoms with Crippen LogP contribution in [0.1, 0.15) is 0 Å². The zero-order chi connectivity index (χ0) is 41.7. The van der Waals surface area contributed by atoms with Gasteiger partial charge < -0.3 is 13.9 Å². The normalized spacial score (nSPS) is 11.5. The van der Waals surface area contributed by atoms with E-state index in [0.29, 0.717) is 0 Å². The van der Waals surface area contributed by atoms with Gasteiger partial charge in [0, 0.05) is 49.6 Å². The maximum atomic E-state index is 6.51. The lowest BCUT2D eigenvalue weighted by Gasteiger charge is -2.28. The summed E-state index contributed by atoms with van der Waals surface area (Å²) in [6.07, 6.45) is 0. The Morgan fingerprint density at radius 1 is 0.317 bits per heavy atom. The number of benzene rings is 10. The van der Waals surface area contributed by atoms with Gasteiger partial charge in [-0.05, 0) is 82.4 Å². The van der Waals surface area contributed by atoms with Gasteiger partial charge in [-0.3, -0.25) is 0 Å². The molecule has 2 heterocycles. The summed E-state index contributed by atoms with van der Waals surface area (Å²) in [6.45, 7) is 0. The fraction of sp³-hybridized carbons (Fsp3) is 0. The Hall–Kier alpha value is -8.40. The van der Waals surface area contributed by atoms with Crippen LogP contribution in [0.15, 0.2) is 247 Å². The molecule has 0 unspecified atom stereocenters. The van der Waals surface area contributed by atoms with Gasteiger partial charge in [0.05, 0.1) is 22.4 Å². The van der Waals surface area contributed by atoms with Crippen molar-refractivity contribution in [3.8, 4) is 50.2 Å². The second-order valence-corrected chi connectivity index (χ2v) is 16.1. The van der Waals surface area contributed by atoms with Gasteiger partial charge in [-0.25, -0.2) is 0 Å². The molecule has 0 fully saturated rings. The minimum absolute atomic E-state index is 0.897. The second-order valence-electron chi connectivity index (χ2n) is 16.1. The molecule has 3 heteroatoms. The quantitative estimate of drug-likeness (QED) is 0.153. The van der Waals surface area contributed by atoms with Gasteiger partial charge in [-0.2, -0.15) is 0 Å². The first-order valence-corrected chi connectivity index (χ1v) is 21.5. The van der Waals surface area contributed by atoms with Crippen LogP contribution in [-0.2, 0) is 0 Å². The molecule has 0 bridgehead atoms. The average molecular weight is 805 g/mol. The van der Waals surface area contributed by atoms with E-state index < -0.39 is 0 Å². The Balaban J connectivity index is 0.930. The van der Waals surface area contributed by atoms with Crippen molar-refractivity contribution < 1.29 is 4.42 Å².